The summed E-state index contributed by atoms with van der Waals surface area (Å²) >= 11 is 0. The molecule has 0 aromatic rings. The van der Waals surface area contributed by atoms with Crippen LogP contribution in [0, 0.1) is 0 Å². The quantitative estimate of drug-likeness (QED) is 0.458. The first-order chi connectivity index (χ1) is 8.70. The molecule has 0 aliphatic carbocycles. The van der Waals surface area contributed by atoms with Crippen molar-refractivity contribution >= 4 is 27.1 Å². The van der Waals surface area contributed by atoms with Crippen molar-refractivity contribution in [2.75, 3.05) is 0 Å². The van der Waals surface area contributed by atoms with Crippen LogP contribution in [0.5, 0.6) is 0 Å². The van der Waals surface area contributed by atoms with Gasteiger partial charge in [-0.15, -0.1) is 13.2 Å². The van der Waals surface area contributed by atoms with E-state index in [1.54, 1.807) is 25.2 Å². The summed E-state index contributed by atoms with van der Waals surface area (Å²) in [6.07, 6.45) is 0. The van der Waals surface area contributed by atoms with E-state index in [2.05, 4.69) is 26.3 Å². The smallest absolute Gasteiger partial charge is 0.479 e. The molecule has 0 saturated carbocycles. The first-order valence-corrected chi connectivity index (χ1v) is 11.3. The Morgan fingerprint density at radius 1 is 0.895 bits per heavy atom. The summed E-state index contributed by atoms with van der Waals surface area (Å²) in [7, 11) is -5.62. The van der Waals surface area contributed by atoms with Crippen molar-refractivity contribution in [1.29, 1.82) is 0 Å². The molecule has 2 radical (unpaired) electrons. The van der Waals surface area contributed by atoms with Crippen LogP contribution in [-0.4, -0.2) is 27.1 Å². The first-order valence-electron chi connectivity index (χ1n) is 5.73. The number of hydrogen-bond donors (Lipinski definition) is 0. The molecule has 0 unspecified atom stereocenters. The monoisotopic (exact) mass is 314 g/mol. The molecule has 0 aliphatic rings. The van der Waals surface area contributed by atoms with Crippen molar-refractivity contribution in [3.8, 4) is 0 Å². The molecule has 0 spiro atoms. The topological polar surface area (TPSA) is 36.9 Å². The fourth-order valence-electron chi connectivity index (χ4n) is 1.06. The lowest BCUT2D eigenvalue weighted by Gasteiger charge is -2.28. The molecule has 0 atom stereocenters. The van der Waals surface area contributed by atoms with Crippen LogP contribution in [0.25, 0.3) is 0 Å². The van der Waals surface area contributed by atoms with Gasteiger partial charge in [-0.1, -0.05) is 13.2 Å². The molecule has 0 bridgehead atoms. The second-order valence-electron chi connectivity index (χ2n) is 4.26. The zero-order valence-corrected chi connectivity index (χ0v) is 15.1. The van der Waals surface area contributed by atoms with Gasteiger partial charge in [-0.25, -0.2) is 0 Å². The zero-order chi connectivity index (χ0) is 15.1. The van der Waals surface area contributed by atoms with Crippen molar-refractivity contribution in [1.82, 2.24) is 0 Å². The molecular formula is C12H22O4Si3. The summed E-state index contributed by atoms with van der Waals surface area (Å²) in [5, 5.41) is 0. The third-order valence-corrected chi connectivity index (χ3v) is 8.88. The molecule has 0 N–H and O–H groups in total. The van der Waals surface area contributed by atoms with Crippen molar-refractivity contribution in [3.05, 3.63) is 49.2 Å². The van der Waals surface area contributed by atoms with Crippen LogP contribution in [0.3, 0.4) is 0 Å². The third-order valence-electron chi connectivity index (χ3n) is 1.58. The van der Waals surface area contributed by atoms with Gasteiger partial charge >= 0.3 is 27.1 Å². The van der Waals surface area contributed by atoms with E-state index in [-0.39, 0.29) is 0 Å². The molecule has 4 nitrogen and oxygen atoms in total. The minimum absolute atomic E-state index is 0.603. The third kappa shape index (κ3) is 8.78. The summed E-state index contributed by atoms with van der Waals surface area (Å²) in [5.74, 6) is 1.21. The largest absolute Gasteiger partial charge is 0.521 e. The lowest BCUT2D eigenvalue weighted by molar-refractivity contribution is 0.290. The predicted molar refractivity (Wildman–Crippen MR) is 83.4 cm³/mol. The molecule has 0 saturated heterocycles. The average molecular weight is 315 g/mol. The minimum atomic E-state index is -2.39. The SMILES string of the molecule is C=C[Si](OC(=C)C)O[Si](C)(C)O[Si](C=C)OC(=C)C. The van der Waals surface area contributed by atoms with Crippen LogP contribution in [0.1, 0.15) is 13.8 Å². The number of allylic oxidation sites excluding steroid dienone is 2. The van der Waals surface area contributed by atoms with Gasteiger partial charge in [0, 0.05) is 0 Å². The summed E-state index contributed by atoms with van der Waals surface area (Å²) < 4.78 is 22.8. The first kappa shape index (κ1) is 18.1. The summed E-state index contributed by atoms with van der Waals surface area (Å²) in [5.41, 5.74) is 3.33. The van der Waals surface area contributed by atoms with Gasteiger partial charge in [0.15, 0.2) is 0 Å². The second-order valence-corrected chi connectivity index (χ2v) is 11.2. The highest BCUT2D eigenvalue weighted by atomic mass is 28.5. The van der Waals surface area contributed by atoms with Gasteiger partial charge in [0.1, 0.15) is 0 Å². The van der Waals surface area contributed by atoms with Gasteiger partial charge in [0.25, 0.3) is 0 Å². The second kappa shape index (κ2) is 8.33. The summed E-state index contributed by atoms with van der Waals surface area (Å²) in [4.78, 5) is 0. The molecule has 0 amide bonds. The van der Waals surface area contributed by atoms with E-state index >= 15 is 0 Å². The Hall–Kier alpha value is -0.869. The molecule has 106 valence electrons. The molecule has 7 heteroatoms. The van der Waals surface area contributed by atoms with E-state index < -0.39 is 27.1 Å². The van der Waals surface area contributed by atoms with Crippen LogP contribution >= 0.6 is 0 Å². The molecule has 0 aromatic carbocycles. The molecule has 0 aliphatic heterocycles. The van der Waals surface area contributed by atoms with Crippen molar-refractivity contribution in [2.24, 2.45) is 0 Å². The number of hydrogen-bond acceptors (Lipinski definition) is 4. The van der Waals surface area contributed by atoms with Crippen LogP contribution in [-0.2, 0) is 17.1 Å². The fourth-order valence-corrected chi connectivity index (χ4v) is 7.33. The predicted octanol–water partition coefficient (Wildman–Crippen LogP) is 3.25. The molecule has 0 rings (SSSR count). The van der Waals surface area contributed by atoms with E-state index in [9.17, 15) is 0 Å². The van der Waals surface area contributed by atoms with Crippen molar-refractivity contribution < 1.29 is 17.1 Å². The highest BCUT2D eigenvalue weighted by molar-refractivity contribution is 6.78. The molecule has 0 heterocycles. The van der Waals surface area contributed by atoms with E-state index in [0.29, 0.717) is 11.5 Å². The summed E-state index contributed by atoms with van der Waals surface area (Å²) in [6.45, 7) is 22.2. The van der Waals surface area contributed by atoms with Gasteiger partial charge in [0.2, 0.25) is 0 Å². The lowest BCUT2D eigenvalue weighted by atomic mass is 10.7. The Kier molecular flexibility index (Phi) is 7.95. The van der Waals surface area contributed by atoms with Crippen LogP contribution < -0.4 is 0 Å². The Morgan fingerprint density at radius 2 is 1.21 bits per heavy atom. The van der Waals surface area contributed by atoms with E-state index in [1.165, 1.54) is 0 Å². The highest BCUT2D eigenvalue weighted by Gasteiger charge is 2.35. The average Bonchev–Trinajstić information content (AvgIpc) is 2.25. The van der Waals surface area contributed by atoms with Gasteiger partial charge in [-0.2, -0.15) is 0 Å². The zero-order valence-electron chi connectivity index (χ0n) is 12.1. The van der Waals surface area contributed by atoms with Crippen molar-refractivity contribution in [3.63, 3.8) is 0 Å². The van der Waals surface area contributed by atoms with Crippen LogP contribution in [0.4, 0.5) is 0 Å². The Morgan fingerprint density at radius 3 is 1.42 bits per heavy atom. The van der Waals surface area contributed by atoms with Crippen molar-refractivity contribution in [2.45, 2.75) is 26.9 Å². The van der Waals surface area contributed by atoms with Crippen LogP contribution in [0.15, 0.2) is 49.2 Å². The highest BCUT2D eigenvalue weighted by Crippen LogP contribution is 2.14. The normalized spacial score (nSPS) is 11.3. The molecule has 19 heavy (non-hydrogen) atoms. The Bertz CT molecular complexity index is 323. The van der Waals surface area contributed by atoms with Gasteiger partial charge in [-0.3, -0.25) is 0 Å². The van der Waals surface area contributed by atoms with E-state index in [0.717, 1.165) is 0 Å². The number of rotatable bonds is 10. The maximum atomic E-state index is 5.90. The maximum Gasteiger partial charge on any atom is 0.479 e. The molecule has 0 aromatic heterocycles. The molecular weight excluding hydrogens is 292 g/mol. The van der Waals surface area contributed by atoms with Crippen LogP contribution in [0.2, 0.25) is 13.1 Å². The minimum Gasteiger partial charge on any atom is -0.521 e. The van der Waals surface area contributed by atoms with Gasteiger partial charge in [-0.05, 0) is 38.3 Å². The Balaban J connectivity index is 4.57. The Labute approximate surface area is 121 Å². The van der Waals surface area contributed by atoms with E-state index in [4.69, 9.17) is 17.1 Å². The standard InChI is InChI=1S/C12H22O4Si3/c1-9-17(13-11(3)4)15-19(7,8)16-18(10-2)14-12(5)6/h9-10H,1-3,5H2,4,6-8H3. The summed E-state index contributed by atoms with van der Waals surface area (Å²) in [6, 6.07) is 0. The van der Waals surface area contributed by atoms with E-state index in [1.807, 2.05) is 13.1 Å². The van der Waals surface area contributed by atoms with Gasteiger partial charge < -0.3 is 17.1 Å². The fraction of sp³-hybridized carbons (Fsp3) is 0.333. The maximum absolute atomic E-state index is 5.90. The van der Waals surface area contributed by atoms with Gasteiger partial charge in [0.05, 0.1) is 11.5 Å². The lowest BCUT2D eigenvalue weighted by Crippen LogP contribution is -2.46. The molecule has 0 fully saturated rings.